The Kier molecular flexibility index (Phi) is 5.34. The third-order valence-corrected chi connectivity index (χ3v) is 5.65. The molecule has 0 saturated carbocycles. The molecule has 6 nitrogen and oxygen atoms in total. The van der Waals surface area contributed by atoms with Gasteiger partial charge < -0.3 is 10.1 Å². The molecule has 28 heavy (non-hydrogen) atoms. The lowest BCUT2D eigenvalue weighted by Gasteiger charge is -2.38. The van der Waals surface area contributed by atoms with Crippen molar-refractivity contribution in [1.82, 2.24) is 5.32 Å². The fraction of sp³-hybridized carbons (Fsp3) is 0.350. The molecule has 1 N–H and O–H groups in total. The van der Waals surface area contributed by atoms with Crippen LogP contribution in [0.25, 0.3) is 0 Å². The Hall–Kier alpha value is -2.61. The van der Waals surface area contributed by atoms with Gasteiger partial charge in [0, 0.05) is 12.0 Å². The Bertz CT molecular complexity index is 974. The molecule has 1 atom stereocenters. The van der Waals surface area contributed by atoms with E-state index in [9.17, 15) is 17.6 Å². The van der Waals surface area contributed by atoms with Gasteiger partial charge in [-0.2, -0.15) is 0 Å². The summed E-state index contributed by atoms with van der Waals surface area (Å²) in [5.41, 5.74) is 0.606. The van der Waals surface area contributed by atoms with Gasteiger partial charge in [-0.25, -0.2) is 12.8 Å². The minimum Gasteiger partial charge on any atom is -0.487 e. The van der Waals surface area contributed by atoms with E-state index >= 15 is 0 Å². The minimum atomic E-state index is -3.72. The Morgan fingerprint density at radius 1 is 1.21 bits per heavy atom. The van der Waals surface area contributed by atoms with Crippen molar-refractivity contribution < 1.29 is 22.3 Å². The molecule has 3 rings (SSSR count). The number of para-hydroxylation sites is 1. The number of carbonyl (C=O) groups is 1. The first kappa shape index (κ1) is 20.1. The maximum atomic E-state index is 13.2. The van der Waals surface area contributed by atoms with Crippen molar-refractivity contribution in [3.8, 4) is 5.75 Å². The second-order valence-corrected chi connectivity index (χ2v) is 9.38. The summed E-state index contributed by atoms with van der Waals surface area (Å²) in [7, 11) is -3.72. The van der Waals surface area contributed by atoms with Crippen LogP contribution >= 0.6 is 0 Å². The van der Waals surface area contributed by atoms with Crippen LogP contribution < -0.4 is 14.4 Å². The van der Waals surface area contributed by atoms with Gasteiger partial charge in [0.1, 0.15) is 23.7 Å². The van der Waals surface area contributed by atoms with E-state index < -0.39 is 33.9 Å². The van der Waals surface area contributed by atoms with E-state index in [0.29, 0.717) is 12.2 Å². The largest absolute Gasteiger partial charge is 0.487 e. The normalized spacial score (nSPS) is 17.9. The van der Waals surface area contributed by atoms with Gasteiger partial charge in [0.2, 0.25) is 15.9 Å². The minimum absolute atomic E-state index is 0.228. The zero-order chi connectivity index (χ0) is 20.5. The van der Waals surface area contributed by atoms with Crippen LogP contribution in [0.5, 0.6) is 5.75 Å². The van der Waals surface area contributed by atoms with E-state index in [4.69, 9.17) is 4.74 Å². The first-order valence-corrected chi connectivity index (χ1v) is 10.7. The van der Waals surface area contributed by atoms with Gasteiger partial charge in [-0.1, -0.05) is 18.2 Å². The molecule has 0 saturated heterocycles. The highest BCUT2D eigenvalue weighted by atomic mass is 32.2. The van der Waals surface area contributed by atoms with E-state index in [-0.39, 0.29) is 11.7 Å². The van der Waals surface area contributed by atoms with E-state index in [1.165, 1.54) is 12.1 Å². The highest BCUT2D eigenvalue weighted by Gasteiger charge is 2.34. The monoisotopic (exact) mass is 406 g/mol. The van der Waals surface area contributed by atoms with Gasteiger partial charge in [-0.3, -0.25) is 9.10 Å². The number of sulfonamides is 1. The average Bonchev–Trinajstić information content (AvgIpc) is 2.59. The van der Waals surface area contributed by atoms with Crippen molar-refractivity contribution in [2.45, 2.75) is 31.9 Å². The molecule has 2 aromatic rings. The summed E-state index contributed by atoms with van der Waals surface area (Å²) in [5.74, 6) is -0.238. The number of fused-ring (bicyclic) bond motifs is 1. The predicted molar refractivity (Wildman–Crippen MR) is 105 cm³/mol. The van der Waals surface area contributed by atoms with Crippen molar-refractivity contribution >= 4 is 21.6 Å². The van der Waals surface area contributed by atoms with Crippen molar-refractivity contribution in [2.75, 3.05) is 17.1 Å². The Morgan fingerprint density at radius 3 is 2.50 bits per heavy atom. The molecule has 0 radical (unpaired) electrons. The van der Waals surface area contributed by atoms with Crippen molar-refractivity contribution in [3.05, 3.63) is 59.9 Å². The summed E-state index contributed by atoms with van der Waals surface area (Å²) < 4.78 is 44.4. The van der Waals surface area contributed by atoms with Gasteiger partial charge >= 0.3 is 0 Å². The van der Waals surface area contributed by atoms with E-state index in [2.05, 4.69) is 5.32 Å². The second-order valence-electron chi connectivity index (χ2n) is 7.47. The lowest BCUT2D eigenvalue weighted by atomic mass is 9.89. The van der Waals surface area contributed by atoms with Crippen LogP contribution in [0.1, 0.15) is 31.9 Å². The molecule has 1 amide bonds. The Morgan fingerprint density at radius 2 is 1.86 bits per heavy atom. The van der Waals surface area contributed by atoms with Gasteiger partial charge in [0.15, 0.2) is 0 Å². The molecular formula is C20H23FN2O4S. The smallest absolute Gasteiger partial charge is 0.241 e. The van der Waals surface area contributed by atoms with Crippen molar-refractivity contribution in [1.29, 1.82) is 0 Å². The number of nitrogens with one attached hydrogen (secondary N) is 1. The second kappa shape index (κ2) is 7.43. The fourth-order valence-corrected chi connectivity index (χ4v) is 4.17. The van der Waals surface area contributed by atoms with Crippen LogP contribution in [-0.2, 0) is 14.8 Å². The average molecular weight is 406 g/mol. The van der Waals surface area contributed by atoms with Crippen LogP contribution in [0.2, 0.25) is 0 Å². The molecule has 1 aliphatic rings. The Balaban J connectivity index is 1.81. The number of ether oxygens (including phenoxy) is 1. The Labute approximate surface area is 164 Å². The number of benzene rings is 2. The zero-order valence-electron chi connectivity index (χ0n) is 16.0. The standard InChI is InChI=1S/C20H23FN2O4S/c1-20(2)12-17(16-6-4-5-7-18(16)27-20)22-19(24)13-23(28(3,25)26)15-10-8-14(21)9-11-15/h4-11,17H,12-13H2,1-3H3,(H,22,24)/t17-/m0/s1. The third-order valence-electron chi connectivity index (χ3n) is 4.51. The number of amides is 1. The van der Waals surface area contributed by atoms with Crippen LogP contribution in [-0.4, -0.2) is 32.7 Å². The van der Waals surface area contributed by atoms with E-state index in [1.807, 2.05) is 38.1 Å². The van der Waals surface area contributed by atoms with Gasteiger partial charge in [0.25, 0.3) is 0 Å². The van der Waals surface area contributed by atoms with E-state index in [1.54, 1.807) is 0 Å². The van der Waals surface area contributed by atoms with Crippen LogP contribution in [0, 0.1) is 5.82 Å². The molecule has 0 aliphatic carbocycles. The number of rotatable bonds is 5. The summed E-state index contributed by atoms with van der Waals surface area (Å²) in [6, 6.07) is 12.1. The highest BCUT2D eigenvalue weighted by Crippen LogP contribution is 2.39. The van der Waals surface area contributed by atoms with Crippen molar-refractivity contribution in [2.24, 2.45) is 0 Å². The van der Waals surface area contributed by atoms with E-state index in [0.717, 1.165) is 28.3 Å². The first-order chi connectivity index (χ1) is 13.0. The SMILES string of the molecule is CC1(C)C[C@H](NC(=O)CN(c2ccc(F)cc2)S(C)(=O)=O)c2ccccc2O1. The molecule has 8 heteroatoms. The highest BCUT2D eigenvalue weighted by molar-refractivity contribution is 7.92. The van der Waals surface area contributed by atoms with Gasteiger partial charge in [-0.05, 0) is 44.2 Å². The number of nitrogens with zero attached hydrogens (tertiary/aromatic N) is 1. The quantitative estimate of drug-likeness (QED) is 0.828. The maximum absolute atomic E-state index is 13.2. The van der Waals surface area contributed by atoms with Gasteiger partial charge in [-0.15, -0.1) is 0 Å². The molecule has 2 aromatic carbocycles. The molecule has 1 heterocycles. The molecule has 1 aliphatic heterocycles. The summed E-state index contributed by atoms with van der Waals surface area (Å²) in [5, 5.41) is 2.92. The number of carbonyl (C=O) groups excluding carboxylic acids is 1. The molecule has 0 aromatic heterocycles. The number of anilines is 1. The number of hydrogen-bond donors (Lipinski definition) is 1. The summed E-state index contributed by atoms with van der Waals surface area (Å²) in [4.78, 5) is 12.7. The van der Waals surface area contributed by atoms with Crippen LogP contribution in [0.4, 0.5) is 10.1 Å². The summed E-state index contributed by atoms with van der Waals surface area (Å²) >= 11 is 0. The zero-order valence-corrected chi connectivity index (χ0v) is 16.8. The molecule has 0 fully saturated rings. The lowest BCUT2D eigenvalue weighted by molar-refractivity contribution is -0.120. The predicted octanol–water partition coefficient (Wildman–Crippen LogP) is 3.01. The third kappa shape index (κ3) is 4.62. The topological polar surface area (TPSA) is 75.7 Å². The molecule has 0 bridgehead atoms. The number of halogens is 1. The van der Waals surface area contributed by atoms with Crippen LogP contribution in [0.15, 0.2) is 48.5 Å². The van der Waals surface area contributed by atoms with Crippen LogP contribution in [0.3, 0.4) is 0 Å². The number of hydrogen-bond acceptors (Lipinski definition) is 4. The maximum Gasteiger partial charge on any atom is 0.241 e. The molecular weight excluding hydrogens is 383 g/mol. The van der Waals surface area contributed by atoms with Crippen molar-refractivity contribution in [3.63, 3.8) is 0 Å². The summed E-state index contributed by atoms with van der Waals surface area (Å²) in [6.07, 6.45) is 1.56. The molecule has 0 unspecified atom stereocenters. The summed E-state index contributed by atoms with van der Waals surface area (Å²) in [6.45, 7) is 3.47. The molecule has 0 spiro atoms. The molecule has 150 valence electrons. The lowest BCUT2D eigenvalue weighted by Crippen LogP contribution is -2.45. The first-order valence-electron chi connectivity index (χ1n) is 8.86. The fourth-order valence-electron chi connectivity index (χ4n) is 3.31. The van der Waals surface area contributed by atoms with Gasteiger partial charge in [0.05, 0.1) is 18.0 Å².